The SMILES string of the molecule is COc1ccc(S(=O)(=O)N2CCC3(CC2)OCC(=O)NC3c2ccc(Cl)c(Cl)c2)cc1. The average Bonchev–Trinajstić information content (AvgIpc) is 2.78. The molecule has 2 aromatic carbocycles. The lowest BCUT2D eigenvalue weighted by Gasteiger charge is -2.48. The fraction of sp³-hybridized carbons (Fsp3) is 0.381. The molecule has 166 valence electrons. The zero-order valence-corrected chi connectivity index (χ0v) is 19.1. The summed E-state index contributed by atoms with van der Waals surface area (Å²) in [5.41, 5.74) is 0.0469. The van der Waals surface area contributed by atoms with E-state index in [-0.39, 0.29) is 30.5 Å². The molecule has 2 fully saturated rings. The number of nitrogens with one attached hydrogen (secondary N) is 1. The summed E-state index contributed by atoms with van der Waals surface area (Å²) in [6.07, 6.45) is 0.848. The van der Waals surface area contributed by atoms with Crippen LogP contribution < -0.4 is 10.1 Å². The van der Waals surface area contributed by atoms with Crippen molar-refractivity contribution in [3.63, 3.8) is 0 Å². The lowest BCUT2D eigenvalue weighted by molar-refractivity contribution is -0.160. The highest BCUT2D eigenvalue weighted by Gasteiger charge is 2.48. The Hall–Kier alpha value is -1.84. The first-order chi connectivity index (χ1) is 14.7. The fourth-order valence-corrected chi connectivity index (χ4v) is 5.89. The maximum Gasteiger partial charge on any atom is 0.246 e. The van der Waals surface area contributed by atoms with Gasteiger partial charge < -0.3 is 14.8 Å². The van der Waals surface area contributed by atoms with Crippen molar-refractivity contribution < 1.29 is 22.7 Å². The van der Waals surface area contributed by atoms with Crippen LogP contribution in [0.5, 0.6) is 5.75 Å². The van der Waals surface area contributed by atoms with Crippen LogP contribution in [0, 0.1) is 0 Å². The van der Waals surface area contributed by atoms with Crippen molar-refractivity contribution >= 4 is 39.1 Å². The van der Waals surface area contributed by atoms with Gasteiger partial charge >= 0.3 is 0 Å². The molecule has 1 amide bonds. The number of amides is 1. The number of rotatable bonds is 4. The number of sulfonamides is 1. The van der Waals surface area contributed by atoms with Gasteiger partial charge in [0.15, 0.2) is 0 Å². The normalized spacial score (nSPS) is 21.6. The van der Waals surface area contributed by atoms with Crippen LogP contribution >= 0.6 is 23.2 Å². The van der Waals surface area contributed by atoms with Gasteiger partial charge in [-0.1, -0.05) is 29.3 Å². The number of benzene rings is 2. The van der Waals surface area contributed by atoms with Gasteiger partial charge in [0.1, 0.15) is 12.4 Å². The molecule has 7 nitrogen and oxygen atoms in total. The van der Waals surface area contributed by atoms with Crippen LogP contribution in [-0.2, 0) is 19.6 Å². The van der Waals surface area contributed by atoms with E-state index in [0.29, 0.717) is 28.6 Å². The zero-order valence-electron chi connectivity index (χ0n) is 16.8. The molecule has 0 radical (unpaired) electrons. The van der Waals surface area contributed by atoms with E-state index >= 15 is 0 Å². The molecule has 0 aliphatic carbocycles. The van der Waals surface area contributed by atoms with E-state index in [1.165, 1.54) is 23.5 Å². The van der Waals surface area contributed by atoms with E-state index in [2.05, 4.69) is 5.32 Å². The molecule has 2 heterocycles. The minimum atomic E-state index is -3.65. The van der Waals surface area contributed by atoms with Gasteiger partial charge in [0.05, 0.1) is 33.7 Å². The lowest BCUT2D eigenvalue weighted by Crippen LogP contribution is -2.59. The lowest BCUT2D eigenvalue weighted by atomic mass is 9.80. The molecule has 0 aromatic heterocycles. The number of morpholine rings is 1. The molecule has 2 aromatic rings. The molecule has 31 heavy (non-hydrogen) atoms. The smallest absolute Gasteiger partial charge is 0.246 e. The summed E-state index contributed by atoms with van der Waals surface area (Å²) in [6, 6.07) is 11.1. The van der Waals surface area contributed by atoms with E-state index in [0.717, 1.165) is 5.56 Å². The van der Waals surface area contributed by atoms with Crippen LogP contribution in [0.1, 0.15) is 24.4 Å². The highest BCUT2D eigenvalue weighted by molar-refractivity contribution is 7.89. The maximum atomic E-state index is 13.1. The molecule has 1 spiro atoms. The predicted octanol–water partition coefficient (Wildman–Crippen LogP) is 3.41. The van der Waals surface area contributed by atoms with Gasteiger partial charge in [-0.3, -0.25) is 4.79 Å². The van der Waals surface area contributed by atoms with Crippen LogP contribution in [-0.4, -0.2) is 51.0 Å². The van der Waals surface area contributed by atoms with Crippen molar-refractivity contribution in [2.75, 3.05) is 26.8 Å². The van der Waals surface area contributed by atoms with Crippen molar-refractivity contribution in [1.29, 1.82) is 0 Å². The molecule has 0 saturated carbocycles. The topological polar surface area (TPSA) is 84.9 Å². The Morgan fingerprint density at radius 1 is 1.10 bits per heavy atom. The summed E-state index contributed by atoms with van der Waals surface area (Å²) in [7, 11) is -2.12. The van der Waals surface area contributed by atoms with Gasteiger partial charge in [0, 0.05) is 13.1 Å². The molecule has 2 aliphatic rings. The van der Waals surface area contributed by atoms with Crippen LogP contribution in [0.4, 0.5) is 0 Å². The van der Waals surface area contributed by atoms with Crippen molar-refractivity contribution in [3.8, 4) is 5.75 Å². The number of carbonyl (C=O) groups is 1. The van der Waals surface area contributed by atoms with Crippen LogP contribution in [0.2, 0.25) is 10.0 Å². The van der Waals surface area contributed by atoms with Gasteiger partial charge in [-0.2, -0.15) is 4.31 Å². The zero-order chi connectivity index (χ0) is 22.2. The molecule has 2 aliphatic heterocycles. The quantitative estimate of drug-likeness (QED) is 0.718. The highest BCUT2D eigenvalue weighted by Crippen LogP contribution is 2.42. The molecule has 1 atom stereocenters. The molecular weight excluding hydrogens is 463 g/mol. The second kappa shape index (κ2) is 8.60. The Bertz CT molecular complexity index is 1080. The second-order valence-electron chi connectivity index (χ2n) is 7.61. The highest BCUT2D eigenvalue weighted by atomic mass is 35.5. The van der Waals surface area contributed by atoms with Crippen molar-refractivity contribution in [2.24, 2.45) is 0 Å². The van der Waals surface area contributed by atoms with Gasteiger partial charge in [-0.25, -0.2) is 8.42 Å². The number of hydrogen-bond donors (Lipinski definition) is 1. The molecule has 10 heteroatoms. The molecule has 0 bridgehead atoms. The summed E-state index contributed by atoms with van der Waals surface area (Å²) < 4.78 is 38.8. The number of carbonyl (C=O) groups excluding carboxylic acids is 1. The van der Waals surface area contributed by atoms with E-state index in [1.54, 1.807) is 30.3 Å². The maximum absolute atomic E-state index is 13.1. The first-order valence-corrected chi connectivity index (χ1v) is 12.0. The van der Waals surface area contributed by atoms with Crippen LogP contribution in [0.3, 0.4) is 0 Å². The summed E-state index contributed by atoms with van der Waals surface area (Å²) in [5.74, 6) is 0.363. The summed E-state index contributed by atoms with van der Waals surface area (Å²) in [6.45, 7) is 0.465. The Balaban J connectivity index is 1.56. The van der Waals surface area contributed by atoms with Crippen molar-refractivity contribution in [2.45, 2.75) is 29.4 Å². The van der Waals surface area contributed by atoms with E-state index < -0.39 is 21.7 Å². The molecule has 1 unspecified atom stereocenters. The Labute approximate surface area is 191 Å². The van der Waals surface area contributed by atoms with Gasteiger partial charge in [0.2, 0.25) is 15.9 Å². The average molecular weight is 485 g/mol. The largest absolute Gasteiger partial charge is 0.497 e. The summed E-state index contributed by atoms with van der Waals surface area (Å²) in [5, 5.41) is 3.79. The Morgan fingerprint density at radius 3 is 2.39 bits per heavy atom. The number of hydrogen-bond acceptors (Lipinski definition) is 5. The van der Waals surface area contributed by atoms with Crippen molar-refractivity contribution in [1.82, 2.24) is 9.62 Å². The van der Waals surface area contributed by atoms with Gasteiger partial charge in [0.25, 0.3) is 0 Å². The third-order valence-electron chi connectivity index (χ3n) is 5.87. The Kier molecular flexibility index (Phi) is 6.20. The predicted molar refractivity (Wildman–Crippen MR) is 117 cm³/mol. The second-order valence-corrected chi connectivity index (χ2v) is 10.4. The number of piperidine rings is 1. The van der Waals surface area contributed by atoms with Crippen molar-refractivity contribution in [3.05, 3.63) is 58.1 Å². The summed E-state index contributed by atoms with van der Waals surface area (Å²) >= 11 is 12.2. The molecule has 1 N–H and O–H groups in total. The van der Waals surface area contributed by atoms with E-state index in [4.69, 9.17) is 32.7 Å². The number of nitrogens with zero attached hydrogens (tertiary/aromatic N) is 1. The Morgan fingerprint density at radius 2 is 1.77 bits per heavy atom. The molecule has 2 saturated heterocycles. The first kappa shape index (κ1) is 22.4. The third-order valence-corrected chi connectivity index (χ3v) is 8.52. The van der Waals surface area contributed by atoms with E-state index in [1.807, 2.05) is 0 Å². The monoisotopic (exact) mass is 484 g/mol. The molecule has 4 rings (SSSR count). The minimum absolute atomic E-state index is 0.0664. The standard InChI is InChI=1S/C21H22Cl2N2O5S/c1-29-15-3-5-16(6-4-15)31(27,28)25-10-8-21(9-11-25)20(24-19(26)13-30-21)14-2-7-17(22)18(23)12-14/h2-7,12,20H,8-11,13H2,1H3,(H,24,26). The minimum Gasteiger partial charge on any atom is -0.497 e. The third kappa shape index (κ3) is 4.27. The fourth-order valence-electron chi connectivity index (χ4n) is 4.14. The number of methoxy groups -OCH3 is 1. The summed E-state index contributed by atoms with van der Waals surface area (Å²) in [4.78, 5) is 12.3. The van der Waals surface area contributed by atoms with E-state index in [9.17, 15) is 13.2 Å². The van der Waals surface area contributed by atoms with Gasteiger partial charge in [-0.15, -0.1) is 0 Å². The van der Waals surface area contributed by atoms with Crippen LogP contribution in [0.15, 0.2) is 47.4 Å². The number of ether oxygens (including phenoxy) is 2. The molecular formula is C21H22Cl2N2O5S. The number of halogens is 2. The van der Waals surface area contributed by atoms with Crippen LogP contribution in [0.25, 0.3) is 0 Å². The first-order valence-electron chi connectivity index (χ1n) is 9.78. The van der Waals surface area contributed by atoms with Gasteiger partial charge in [-0.05, 0) is 54.8 Å².